The van der Waals surface area contributed by atoms with Crippen molar-refractivity contribution in [2.75, 3.05) is 11.8 Å². The van der Waals surface area contributed by atoms with Crippen molar-refractivity contribution in [2.24, 2.45) is 0 Å². The summed E-state index contributed by atoms with van der Waals surface area (Å²) >= 11 is 0. The van der Waals surface area contributed by atoms with E-state index in [1.54, 1.807) is 0 Å². The number of rotatable bonds is 6. The van der Waals surface area contributed by atoms with Gasteiger partial charge in [0.15, 0.2) is 0 Å². The van der Waals surface area contributed by atoms with Crippen molar-refractivity contribution in [3.63, 3.8) is 0 Å². The third-order valence-corrected chi connectivity index (χ3v) is 3.45. The molecule has 1 aromatic heterocycles. The molecule has 0 bridgehead atoms. The Labute approximate surface area is 104 Å². The number of anilines is 1. The van der Waals surface area contributed by atoms with Gasteiger partial charge in [0.1, 0.15) is 6.54 Å². The number of hydrogen-bond acceptors (Lipinski definition) is 5. The van der Waals surface area contributed by atoms with E-state index >= 15 is 0 Å². The molecule has 8 nitrogen and oxygen atoms in total. The van der Waals surface area contributed by atoms with Crippen LogP contribution in [0.15, 0.2) is 12.4 Å². The van der Waals surface area contributed by atoms with Crippen molar-refractivity contribution in [1.82, 2.24) is 14.5 Å². The Morgan fingerprint density at radius 2 is 2.33 bits per heavy atom. The molecule has 1 heterocycles. The van der Waals surface area contributed by atoms with E-state index in [0.29, 0.717) is 5.69 Å². The lowest BCUT2D eigenvalue weighted by Crippen LogP contribution is -2.31. The monoisotopic (exact) mass is 274 g/mol. The molecular weight excluding hydrogens is 260 g/mol. The number of aromatic nitrogens is 2. The van der Waals surface area contributed by atoms with E-state index in [1.807, 2.05) is 0 Å². The lowest BCUT2D eigenvalue weighted by Gasteiger charge is -2.05. The van der Waals surface area contributed by atoms with E-state index in [4.69, 9.17) is 0 Å². The van der Waals surface area contributed by atoms with Gasteiger partial charge in [0.05, 0.1) is 19.0 Å². The first-order chi connectivity index (χ1) is 8.48. The van der Waals surface area contributed by atoms with Crippen LogP contribution in [0.5, 0.6) is 0 Å². The molecule has 2 rings (SSSR count). The Kier molecular flexibility index (Phi) is 3.53. The van der Waals surface area contributed by atoms with Gasteiger partial charge in [-0.1, -0.05) is 0 Å². The van der Waals surface area contributed by atoms with Crippen LogP contribution in [0.1, 0.15) is 12.8 Å². The summed E-state index contributed by atoms with van der Waals surface area (Å²) in [6.07, 6.45) is 4.48. The number of methoxy groups -OCH3 is 1. The smallest absolute Gasteiger partial charge is 0.327 e. The zero-order valence-electron chi connectivity index (χ0n) is 9.79. The fourth-order valence-electron chi connectivity index (χ4n) is 1.30. The van der Waals surface area contributed by atoms with Crippen molar-refractivity contribution in [2.45, 2.75) is 25.4 Å². The number of nitrogens with zero attached hydrogens (tertiary/aromatic N) is 2. The zero-order valence-corrected chi connectivity index (χ0v) is 10.6. The summed E-state index contributed by atoms with van der Waals surface area (Å²) in [6, 6.07) is 0.0348. The Morgan fingerprint density at radius 3 is 2.94 bits per heavy atom. The Bertz CT molecular complexity index is 535. The third-order valence-electron chi connectivity index (χ3n) is 2.30. The van der Waals surface area contributed by atoms with E-state index in [2.05, 4.69) is 19.3 Å². The van der Waals surface area contributed by atoms with Crippen molar-refractivity contribution in [3.8, 4) is 0 Å². The second-order valence-electron chi connectivity index (χ2n) is 4.00. The standard InChI is InChI=1S/C9H14N4O4S/c1-17-9(14)6-13-5-8(4-10-13)12-18(15,16)11-7-2-3-7/h4-5,7,11-12H,2-3,6H2,1H3. The summed E-state index contributed by atoms with van der Waals surface area (Å²) in [4.78, 5) is 11.0. The summed E-state index contributed by atoms with van der Waals surface area (Å²) in [6.45, 7) is -0.0612. The average molecular weight is 274 g/mol. The molecule has 100 valence electrons. The molecule has 1 fully saturated rings. The summed E-state index contributed by atoms with van der Waals surface area (Å²) in [5.41, 5.74) is 0.298. The van der Waals surface area contributed by atoms with E-state index in [9.17, 15) is 13.2 Å². The quantitative estimate of drug-likeness (QED) is 0.679. The molecule has 2 N–H and O–H groups in total. The molecule has 0 spiro atoms. The van der Waals surface area contributed by atoms with Crippen LogP contribution in [0, 0.1) is 0 Å². The van der Waals surface area contributed by atoms with Crippen molar-refractivity contribution in [1.29, 1.82) is 0 Å². The van der Waals surface area contributed by atoms with E-state index < -0.39 is 16.2 Å². The van der Waals surface area contributed by atoms with Gasteiger partial charge in [0, 0.05) is 12.2 Å². The first-order valence-corrected chi connectivity index (χ1v) is 6.86. The number of carbonyl (C=O) groups is 1. The highest BCUT2D eigenvalue weighted by molar-refractivity contribution is 7.90. The van der Waals surface area contributed by atoms with E-state index in [-0.39, 0.29) is 12.6 Å². The Hall–Kier alpha value is -1.61. The molecule has 9 heteroatoms. The predicted octanol–water partition coefficient (Wildman–Crippen LogP) is -0.535. The van der Waals surface area contributed by atoms with Crippen LogP contribution in [-0.2, 0) is 26.3 Å². The van der Waals surface area contributed by atoms with Crippen LogP contribution < -0.4 is 9.44 Å². The van der Waals surface area contributed by atoms with Gasteiger partial charge in [-0.2, -0.15) is 18.2 Å². The second-order valence-corrected chi connectivity index (χ2v) is 5.45. The number of esters is 1. The average Bonchev–Trinajstić information content (AvgIpc) is 2.98. The van der Waals surface area contributed by atoms with Gasteiger partial charge in [-0.25, -0.2) is 0 Å². The minimum atomic E-state index is -3.56. The Morgan fingerprint density at radius 1 is 1.61 bits per heavy atom. The first-order valence-electron chi connectivity index (χ1n) is 5.38. The van der Waals surface area contributed by atoms with Gasteiger partial charge in [-0.15, -0.1) is 0 Å². The molecule has 0 radical (unpaired) electrons. The SMILES string of the molecule is COC(=O)Cn1cc(NS(=O)(=O)NC2CC2)cn1. The van der Waals surface area contributed by atoms with E-state index in [0.717, 1.165) is 12.8 Å². The number of nitrogens with one attached hydrogen (secondary N) is 2. The van der Waals surface area contributed by atoms with Gasteiger partial charge in [0.2, 0.25) is 0 Å². The van der Waals surface area contributed by atoms with E-state index in [1.165, 1.54) is 24.2 Å². The number of carbonyl (C=O) groups excluding carboxylic acids is 1. The summed E-state index contributed by atoms with van der Waals surface area (Å²) in [5.74, 6) is -0.455. The lowest BCUT2D eigenvalue weighted by atomic mass is 10.6. The summed E-state index contributed by atoms with van der Waals surface area (Å²) in [5, 5.41) is 3.84. The number of ether oxygens (including phenoxy) is 1. The van der Waals surface area contributed by atoms with Crippen LogP contribution in [-0.4, -0.2) is 37.3 Å². The molecule has 1 aliphatic rings. The maximum Gasteiger partial charge on any atom is 0.327 e. The van der Waals surface area contributed by atoms with Crippen molar-refractivity contribution < 1.29 is 17.9 Å². The fourth-order valence-corrected chi connectivity index (χ4v) is 2.45. The van der Waals surface area contributed by atoms with Crippen LogP contribution in [0.2, 0.25) is 0 Å². The first kappa shape index (κ1) is 12.8. The summed E-state index contributed by atoms with van der Waals surface area (Å²) in [7, 11) is -2.29. The molecular formula is C9H14N4O4S. The molecule has 0 saturated heterocycles. The minimum absolute atomic E-state index is 0.0348. The predicted molar refractivity (Wildman–Crippen MR) is 62.9 cm³/mol. The fraction of sp³-hybridized carbons (Fsp3) is 0.556. The summed E-state index contributed by atoms with van der Waals surface area (Å²) < 4.78 is 33.7. The Balaban J connectivity index is 1.95. The van der Waals surface area contributed by atoms with Crippen LogP contribution in [0.4, 0.5) is 5.69 Å². The van der Waals surface area contributed by atoms with Crippen LogP contribution in [0.25, 0.3) is 0 Å². The van der Waals surface area contributed by atoms with Gasteiger partial charge >= 0.3 is 5.97 Å². The minimum Gasteiger partial charge on any atom is -0.468 e. The molecule has 1 aromatic rings. The molecule has 1 aliphatic carbocycles. The van der Waals surface area contributed by atoms with Crippen LogP contribution >= 0.6 is 0 Å². The highest BCUT2D eigenvalue weighted by atomic mass is 32.2. The maximum atomic E-state index is 11.6. The topological polar surface area (TPSA) is 102 Å². The third kappa shape index (κ3) is 3.70. The van der Waals surface area contributed by atoms with Gasteiger partial charge in [-0.3, -0.25) is 14.2 Å². The second kappa shape index (κ2) is 4.94. The number of hydrogen-bond donors (Lipinski definition) is 2. The van der Waals surface area contributed by atoms with Gasteiger partial charge < -0.3 is 4.74 Å². The zero-order chi connectivity index (χ0) is 13.2. The molecule has 18 heavy (non-hydrogen) atoms. The molecule has 0 aromatic carbocycles. The normalized spacial score (nSPS) is 15.4. The lowest BCUT2D eigenvalue weighted by molar-refractivity contribution is -0.141. The molecule has 1 saturated carbocycles. The molecule has 0 atom stereocenters. The molecule has 0 aliphatic heterocycles. The van der Waals surface area contributed by atoms with Gasteiger partial charge in [-0.05, 0) is 12.8 Å². The van der Waals surface area contributed by atoms with Gasteiger partial charge in [0.25, 0.3) is 10.2 Å². The van der Waals surface area contributed by atoms with Crippen LogP contribution in [0.3, 0.4) is 0 Å². The maximum absolute atomic E-state index is 11.6. The molecule has 0 unspecified atom stereocenters. The largest absolute Gasteiger partial charge is 0.468 e. The highest BCUT2D eigenvalue weighted by Gasteiger charge is 2.27. The van der Waals surface area contributed by atoms with Crippen molar-refractivity contribution in [3.05, 3.63) is 12.4 Å². The van der Waals surface area contributed by atoms with Crippen molar-refractivity contribution >= 4 is 21.9 Å². The highest BCUT2D eigenvalue weighted by Crippen LogP contribution is 2.20. The molecule has 0 amide bonds.